The first-order valence-corrected chi connectivity index (χ1v) is 27.7. The number of hydrogen-bond acceptors (Lipinski definition) is 13. The van der Waals surface area contributed by atoms with Crippen molar-refractivity contribution >= 4 is 0 Å². The van der Waals surface area contributed by atoms with Crippen LogP contribution in [0.15, 0.2) is 79.0 Å². The van der Waals surface area contributed by atoms with Gasteiger partial charge in [-0.3, -0.25) is 19.1 Å². The Labute approximate surface area is 453 Å². The van der Waals surface area contributed by atoms with Gasteiger partial charge in [0.1, 0.15) is 66.5 Å². The Hall–Kier alpha value is -7.20. The van der Waals surface area contributed by atoms with Crippen molar-refractivity contribution < 1.29 is 18.9 Å². The maximum absolute atomic E-state index is 7.00. The molecule has 7 aromatic rings. The van der Waals surface area contributed by atoms with Gasteiger partial charge in [0, 0.05) is 58.1 Å². The van der Waals surface area contributed by atoms with Gasteiger partial charge in [-0.1, -0.05) is 142 Å². The molecule has 0 atom stereocenters. The second-order valence-electron chi connectivity index (χ2n) is 17.9. The Kier molecular flexibility index (Phi) is 23.4. The number of aromatic nitrogens is 9. The number of hydrazine groups is 2. The normalized spacial score (nSPS) is 12.3. The molecule has 16 heteroatoms. The van der Waals surface area contributed by atoms with Gasteiger partial charge in [-0.15, -0.1) is 20.8 Å². The molecule has 4 heterocycles. The second kappa shape index (κ2) is 29.8. The van der Waals surface area contributed by atoms with Crippen LogP contribution >= 0.6 is 0 Å². The lowest BCUT2D eigenvalue weighted by atomic mass is 9.88. The third-order valence-corrected chi connectivity index (χ3v) is 12.3. The summed E-state index contributed by atoms with van der Waals surface area (Å²) >= 11 is 0. The molecular formula is C60H86N12O4. The molecule has 1 aliphatic carbocycles. The van der Waals surface area contributed by atoms with Gasteiger partial charge in [0.05, 0.1) is 24.3 Å². The smallest absolute Gasteiger partial charge is 0.134 e. The summed E-state index contributed by atoms with van der Waals surface area (Å²) in [5.74, 6) is 3.25. The van der Waals surface area contributed by atoms with Crippen LogP contribution in [-0.4, -0.2) is 63.1 Å². The Morgan fingerprint density at radius 2 is 0.658 bits per heavy atom. The van der Waals surface area contributed by atoms with E-state index in [1.807, 2.05) is 114 Å². The standard InChI is InChI=1S/C52H62N12O4.4C2H6/c1-9-61-25-45(53-57-61)29-65-49-37-13-33(5)14-38(49)22-40-16-35(7)18-42(51(40)67-31-47-27-63(11-3)59-55-47)24-44-20-36(8)19-43(52(44)68-32-48-28-64(12-4)60-56-48)23-41-17-34(6)15-39(21-37)50(41)66-30-46-26-62(10-2)58-54-46;4*1-2/h13-20,25-28,53,57H,9-12,21-24,29-32H2,1-8H3;4*1-2H3. The quantitative estimate of drug-likeness (QED) is 0.0943. The maximum Gasteiger partial charge on any atom is 0.134 e. The lowest BCUT2D eigenvalue weighted by Gasteiger charge is -2.24. The molecule has 2 aliphatic rings. The largest absolute Gasteiger partial charge is 0.487 e. The Bertz CT molecular complexity index is 2800. The summed E-state index contributed by atoms with van der Waals surface area (Å²) in [5.41, 5.74) is 22.5. The first kappa shape index (κ1) is 59.7. The highest BCUT2D eigenvalue weighted by atomic mass is 16.5. The molecule has 0 amide bonds. The van der Waals surface area contributed by atoms with Gasteiger partial charge in [0.25, 0.3) is 0 Å². The zero-order valence-corrected chi connectivity index (χ0v) is 48.5. The van der Waals surface area contributed by atoms with E-state index in [0.29, 0.717) is 32.3 Å². The van der Waals surface area contributed by atoms with Gasteiger partial charge >= 0.3 is 0 Å². The number of rotatable bonds is 16. The monoisotopic (exact) mass is 1040 g/mol. The summed E-state index contributed by atoms with van der Waals surface area (Å²) in [6, 6.07) is 17.9. The minimum absolute atomic E-state index is 0.254. The fraction of sp³-hybridized carbons (Fsp3) is 0.467. The predicted octanol–water partition coefficient (Wildman–Crippen LogP) is 11.8. The number of benzene rings is 4. The fourth-order valence-electron chi connectivity index (χ4n) is 9.23. The van der Waals surface area contributed by atoms with Crippen LogP contribution in [0, 0.1) is 27.7 Å². The van der Waals surface area contributed by atoms with Crippen molar-refractivity contribution in [1.82, 2.24) is 61.0 Å². The molecule has 4 aromatic carbocycles. The van der Waals surface area contributed by atoms with Crippen molar-refractivity contribution in [2.75, 3.05) is 13.2 Å². The molecule has 8 bridgehead atoms. The van der Waals surface area contributed by atoms with Crippen LogP contribution in [0.4, 0.5) is 0 Å². The number of fused-ring (bicyclic) bond motifs is 8. The van der Waals surface area contributed by atoms with Gasteiger partial charge in [-0.25, -0.2) is 0 Å². The number of nitrogens with one attached hydrogen (secondary N) is 2. The van der Waals surface area contributed by atoms with Crippen molar-refractivity contribution in [2.24, 2.45) is 0 Å². The molecule has 16 nitrogen and oxygen atoms in total. The topological polar surface area (TPSA) is 156 Å². The van der Waals surface area contributed by atoms with E-state index in [1.54, 1.807) is 0 Å². The summed E-state index contributed by atoms with van der Waals surface area (Å²) in [6.45, 7) is 36.9. The zero-order chi connectivity index (χ0) is 55.3. The number of nitrogens with zero attached hydrogens (tertiary/aromatic N) is 10. The molecule has 3 aromatic heterocycles. The van der Waals surface area contributed by atoms with E-state index in [-0.39, 0.29) is 19.8 Å². The molecule has 0 fully saturated rings. The van der Waals surface area contributed by atoms with Crippen LogP contribution in [0.3, 0.4) is 0 Å². The van der Waals surface area contributed by atoms with E-state index >= 15 is 0 Å². The van der Waals surface area contributed by atoms with Crippen LogP contribution in [0.5, 0.6) is 23.0 Å². The molecule has 76 heavy (non-hydrogen) atoms. The van der Waals surface area contributed by atoms with E-state index in [4.69, 9.17) is 18.9 Å². The number of hydrogen-bond donors (Lipinski definition) is 2. The first-order chi connectivity index (χ1) is 37.0. The van der Waals surface area contributed by atoms with Crippen molar-refractivity contribution in [3.05, 3.63) is 163 Å². The number of aryl methyl sites for hydroxylation is 7. The molecule has 0 saturated heterocycles. The average Bonchev–Trinajstić information content (AvgIpc) is 4.29. The van der Waals surface area contributed by atoms with Crippen molar-refractivity contribution in [3.63, 3.8) is 0 Å². The summed E-state index contributed by atoms with van der Waals surface area (Å²) in [7, 11) is 0. The minimum atomic E-state index is 0.254. The van der Waals surface area contributed by atoms with Crippen LogP contribution in [0.25, 0.3) is 0 Å². The number of ether oxygens (including phenoxy) is 4. The molecule has 0 spiro atoms. The molecule has 0 saturated carbocycles. The van der Waals surface area contributed by atoms with Gasteiger partial charge < -0.3 is 24.4 Å². The van der Waals surface area contributed by atoms with Crippen LogP contribution in [0.1, 0.15) is 167 Å². The van der Waals surface area contributed by atoms with E-state index < -0.39 is 0 Å². The van der Waals surface area contributed by atoms with E-state index in [2.05, 4.69) is 131 Å². The Morgan fingerprint density at radius 1 is 0.395 bits per heavy atom. The minimum Gasteiger partial charge on any atom is -0.487 e. The highest BCUT2D eigenvalue weighted by Gasteiger charge is 2.25. The summed E-state index contributed by atoms with van der Waals surface area (Å²) < 4.78 is 33.4. The Morgan fingerprint density at radius 3 is 0.882 bits per heavy atom. The SMILES string of the molecule is CC.CC.CC.CC.CCN1C=C(COc2c3cc(C)cc2Cc2cc(C)cc(c2OCc2cn(CC)nn2)Cc2cc(C)cc(c2OCc2cn(CC)nn2)Cc2cc(C)cc(c2OCc2cn(CC)nn2)C3)NN1. The molecule has 9 rings (SSSR count). The van der Waals surface area contributed by atoms with Gasteiger partial charge in [-0.2, -0.15) is 0 Å². The zero-order valence-electron chi connectivity index (χ0n) is 48.5. The van der Waals surface area contributed by atoms with Crippen molar-refractivity contribution in [1.29, 1.82) is 0 Å². The van der Waals surface area contributed by atoms with Gasteiger partial charge in [0.2, 0.25) is 0 Å². The summed E-state index contributed by atoms with van der Waals surface area (Å²) in [4.78, 5) is 0. The highest BCUT2D eigenvalue weighted by Crippen LogP contribution is 2.41. The summed E-state index contributed by atoms with van der Waals surface area (Å²) in [5, 5.41) is 28.3. The molecule has 0 unspecified atom stereocenters. The van der Waals surface area contributed by atoms with E-state index in [1.165, 1.54) is 0 Å². The van der Waals surface area contributed by atoms with Crippen molar-refractivity contribution in [3.8, 4) is 23.0 Å². The third kappa shape index (κ3) is 15.5. The lowest BCUT2D eigenvalue weighted by molar-refractivity contribution is 0.278. The summed E-state index contributed by atoms with van der Waals surface area (Å²) in [6.07, 6.45) is 10.1. The van der Waals surface area contributed by atoms with Crippen LogP contribution < -0.4 is 29.9 Å². The van der Waals surface area contributed by atoms with Crippen molar-refractivity contribution in [2.45, 2.75) is 176 Å². The van der Waals surface area contributed by atoms with Gasteiger partial charge in [-0.05, 0) is 99.9 Å². The molecule has 0 radical (unpaired) electrons. The molecular weight excluding hydrogens is 953 g/mol. The lowest BCUT2D eigenvalue weighted by Crippen LogP contribution is -2.36. The maximum atomic E-state index is 7.00. The average molecular weight is 1040 g/mol. The predicted molar refractivity (Wildman–Crippen MR) is 304 cm³/mol. The Balaban J connectivity index is 0.00000127. The van der Waals surface area contributed by atoms with E-state index in [9.17, 15) is 0 Å². The van der Waals surface area contributed by atoms with E-state index in [0.717, 1.165) is 139 Å². The fourth-order valence-corrected chi connectivity index (χ4v) is 9.23. The van der Waals surface area contributed by atoms with Gasteiger partial charge in [0.15, 0.2) is 0 Å². The van der Waals surface area contributed by atoms with Crippen LogP contribution in [-0.2, 0) is 65.1 Å². The third-order valence-electron chi connectivity index (χ3n) is 12.3. The molecule has 1 aliphatic heterocycles. The highest BCUT2D eigenvalue weighted by molar-refractivity contribution is 5.58. The second-order valence-corrected chi connectivity index (χ2v) is 17.9. The molecule has 410 valence electrons. The first-order valence-electron chi connectivity index (χ1n) is 27.7. The molecule has 2 N–H and O–H groups in total. The van der Waals surface area contributed by atoms with Crippen LogP contribution in [0.2, 0.25) is 0 Å².